The van der Waals surface area contributed by atoms with Gasteiger partial charge >= 0.3 is 43.2 Å². The molecule has 3 aromatic heterocycles. The van der Waals surface area contributed by atoms with Crippen molar-refractivity contribution in [2.24, 2.45) is 5.92 Å². The summed E-state index contributed by atoms with van der Waals surface area (Å²) in [4.78, 5) is 64.0. The van der Waals surface area contributed by atoms with Crippen molar-refractivity contribution in [2.45, 2.75) is 38.5 Å². The van der Waals surface area contributed by atoms with E-state index in [0.717, 1.165) is 29.7 Å². The minimum absolute atomic E-state index is 0.131. The first-order chi connectivity index (χ1) is 37.8. The van der Waals surface area contributed by atoms with Gasteiger partial charge in [0.15, 0.2) is 0 Å². The molecule has 7 aromatic rings. The summed E-state index contributed by atoms with van der Waals surface area (Å²) in [7, 11) is 2.42. The molecule has 26 heteroatoms. The summed E-state index contributed by atoms with van der Waals surface area (Å²) in [6.45, 7) is 1.36. The molecule has 21 nitrogen and oxygen atoms in total. The van der Waals surface area contributed by atoms with Crippen molar-refractivity contribution >= 4 is 83.1 Å². The Kier molecular flexibility index (Phi) is 21.5. The number of carbonyl (C=O) groups excluding carboxylic acids is 5. The number of pyridine rings is 1. The van der Waals surface area contributed by atoms with Gasteiger partial charge in [-0.05, 0) is 97.5 Å². The zero-order valence-corrected chi connectivity index (χ0v) is 48.8. The van der Waals surface area contributed by atoms with Gasteiger partial charge in [-0.15, -0.1) is 0 Å². The predicted molar refractivity (Wildman–Crippen MR) is 287 cm³/mol. The molecule has 4 aromatic carbocycles. The number of esters is 3. The molecule has 0 saturated heterocycles. The Morgan fingerprint density at radius 1 is 0.662 bits per heavy atom. The standard InChI is InChI=1S/C26H29FN2O6S.C25H22FN3O6S.C3H6O2.2O.Pt/c1-28-25(30)23-20-13-19(16-6-5-7-17(12-16)26(31)34-3)21(29(2)36(4,32)33)14-22(20)35-24(23)15-8-10-18(27)11-9-15;1-27-24(30)22-19-10-18(15-9-16(13-28-12-15)25(31)34-3)20(29(2)36(4,32)33)11-21(19)35-23(22)14-5-7-17(26)8-6-14;1-3(4)5-2;;;/h8-11,13-14,16-17H,5-7,12H2,1-4H3,(H,28,30);5-13H,1-4H3,(H,27,30);1-2H3;;;. The van der Waals surface area contributed by atoms with Crippen molar-refractivity contribution in [1.29, 1.82) is 0 Å². The second kappa shape index (κ2) is 27.3. The Labute approximate surface area is 468 Å². The Bertz CT molecular complexity index is 3720. The van der Waals surface area contributed by atoms with Gasteiger partial charge in [0.2, 0.25) is 20.0 Å². The van der Waals surface area contributed by atoms with Crippen LogP contribution in [0.2, 0.25) is 0 Å². The quantitative estimate of drug-likeness (QED) is 0.0860. The third kappa shape index (κ3) is 14.9. The molecular weight excluding hydrogens is 1270 g/mol. The van der Waals surface area contributed by atoms with E-state index in [1.165, 1.54) is 134 Å². The number of nitrogens with one attached hydrogen (secondary N) is 2. The zero-order chi connectivity index (χ0) is 59.4. The van der Waals surface area contributed by atoms with Crippen LogP contribution in [0.15, 0.2) is 100 Å². The summed E-state index contributed by atoms with van der Waals surface area (Å²) < 4.78 is 122. The number of halogens is 2. The molecule has 8 rings (SSSR count). The molecule has 3 heterocycles. The summed E-state index contributed by atoms with van der Waals surface area (Å²) in [5, 5.41) is 6.11. The number of benzene rings is 4. The molecule has 0 bridgehead atoms. The summed E-state index contributed by atoms with van der Waals surface area (Å²) in [5.74, 6) is -2.84. The molecule has 0 radical (unpaired) electrons. The van der Waals surface area contributed by atoms with Crippen molar-refractivity contribution in [3.63, 3.8) is 0 Å². The van der Waals surface area contributed by atoms with E-state index in [-0.39, 0.29) is 69.2 Å². The van der Waals surface area contributed by atoms with Gasteiger partial charge in [-0.1, -0.05) is 6.42 Å². The Morgan fingerprint density at radius 3 is 1.56 bits per heavy atom. The summed E-state index contributed by atoms with van der Waals surface area (Å²) >= 11 is -1.92. The van der Waals surface area contributed by atoms with Crippen LogP contribution in [0.4, 0.5) is 20.2 Å². The van der Waals surface area contributed by atoms with Gasteiger partial charge in [-0.3, -0.25) is 32.8 Å². The molecule has 0 spiro atoms. The van der Waals surface area contributed by atoms with Crippen molar-refractivity contribution in [3.05, 3.63) is 125 Å². The van der Waals surface area contributed by atoms with Crippen LogP contribution in [0.3, 0.4) is 0 Å². The number of hydrogen-bond acceptors (Lipinski definition) is 17. The molecule has 430 valence electrons. The Balaban J connectivity index is 0.000000259. The van der Waals surface area contributed by atoms with Gasteiger partial charge in [-0.2, -0.15) is 0 Å². The molecule has 2 atom stereocenters. The number of aromatic nitrogens is 1. The van der Waals surface area contributed by atoms with Gasteiger partial charge < -0.3 is 33.7 Å². The van der Waals surface area contributed by atoms with E-state index in [2.05, 4.69) is 20.4 Å². The zero-order valence-electron chi connectivity index (χ0n) is 44.9. The molecular formula is C54H57F2N5O16PtS2. The number of sulfonamides is 2. The molecule has 2 unspecified atom stereocenters. The second-order valence-electron chi connectivity index (χ2n) is 17.8. The average molecular weight is 1330 g/mol. The minimum atomic E-state index is -3.71. The SMILES string of the molecule is CNC(=O)c1c(-c2ccc(F)cc2)oc2cc(N(C)S(C)(=O)=O)c(-c3cncc(C(=O)OC)c3)cc12.CNC(=O)c1c(-c2ccc(F)cc2)oc2cc(N(C)S(C)(=O)=O)c(C3CCCC(C(=O)OC)C3)cc12.COC(C)=O.[O]=[Pt]=[O]. The van der Waals surface area contributed by atoms with Crippen LogP contribution in [0.25, 0.3) is 55.7 Å². The van der Waals surface area contributed by atoms with Gasteiger partial charge in [0, 0.05) is 92.7 Å². The Hall–Kier alpha value is -7.89. The number of fused-ring (bicyclic) bond motifs is 2. The van der Waals surface area contributed by atoms with E-state index in [1.807, 2.05) is 0 Å². The number of methoxy groups -OCH3 is 3. The van der Waals surface area contributed by atoms with Gasteiger partial charge in [0.1, 0.15) is 34.3 Å². The predicted octanol–water partition coefficient (Wildman–Crippen LogP) is 8.22. The van der Waals surface area contributed by atoms with Crippen LogP contribution in [0, 0.1) is 17.6 Å². The third-order valence-electron chi connectivity index (χ3n) is 12.8. The van der Waals surface area contributed by atoms with E-state index in [1.54, 1.807) is 18.2 Å². The monoisotopic (exact) mass is 1330 g/mol. The average Bonchev–Trinajstić information content (AvgIpc) is 4.02. The number of carbonyl (C=O) groups is 5. The van der Waals surface area contributed by atoms with Gasteiger partial charge in [0.05, 0.1) is 67.8 Å². The molecule has 1 saturated carbocycles. The van der Waals surface area contributed by atoms with Crippen molar-refractivity contribution in [1.82, 2.24) is 15.6 Å². The second-order valence-corrected chi connectivity index (χ2v) is 22.2. The molecule has 1 aliphatic carbocycles. The normalized spacial score (nSPS) is 13.9. The van der Waals surface area contributed by atoms with Crippen LogP contribution in [0.5, 0.6) is 0 Å². The number of ether oxygens (including phenoxy) is 3. The molecule has 1 fully saturated rings. The van der Waals surface area contributed by atoms with E-state index in [9.17, 15) is 49.6 Å². The topological polar surface area (TPSA) is 285 Å². The van der Waals surface area contributed by atoms with E-state index in [4.69, 9.17) is 25.1 Å². The van der Waals surface area contributed by atoms with Crippen molar-refractivity contribution in [2.75, 3.05) is 70.6 Å². The van der Waals surface area contributed by atoms with Gasteiger partial charge in [-0.25, -0.2) is 30.4 Å². The first kappa shape index (κ1) is 62.9. The van der Waals surface area contributed by atoms with Crippen LogP contribution in [-0.2, 0) is 69.1 Å². The van der Waals surface area contributed by atoms with Crippen LogP contribution < -0.4 is 19.2 Å². The third-order valence-corrected chi connectivity index (χ3v) is 15.2. The van der Waals surface area contributed by atoms with Crippen LogP contribution in [-0.4, -0.2) is 114 Å². The molecule has 80 heavy (non-hydrogen) atoms. The summed E-state index contributed by atoms with van der Waals surface area (Å²) in [5.41, 5.74) is 4.30. The van der Waals surface area contributed by atoms with Crippen molar-refractivity contribution in [3.8, 4) is 33.8 Å². The Morgan fingerprint density at radius 2 is 1.12 bits per heavy atom. The van der Waals surface area contributed by atoms with E-state index >= 15 is 0 Å². The number of rotatable bonds is 12. The van der Waals surface area contributed by atoms with Gasteiger partial charge in [0.25, 0.3) is 11.8 Å². The summed E-state index contributed by atoms with van der Waals surface area (Å²) in [6.07, 6.45) is 7.68. The fourth-order valence-corrected chi connectivity index (χ4v) is 9.73. The number of anilines is 2. The number of furan rings is 2. The van der Waals surface area contributed by atoms with Crippen LogP contribution >= 0.6 is 0 Å². The van der Waals surface area contributed by atoms with E-state index in [0.29, 0.717) is 62.7 Å². The van der Waals surface area contributed by atoms with E-state index < -0.39 is 62.0 Å². The summed E-state index contributed by atoms with van der Waals surface area (Å²) in [6, 6.07) is 19.1. The first-order valence-corrected chi connectivity index (χ1v) is 29.4. The maximum absolute atomic E-state index is 13.6. The molecule has 2 N–H and O–H groups in total. The molecule has 2 amide bonds. The fourth-order valence-electron chi connectivity index (χ4n) is 8.71. The molecule has 1 aliphatic rings. The first-order valence-electron chi connectivity index (χ1n) is 23.8. The number of nitrogens with zero attached hydrogens (tertiary/aromatic N) is 3. The molecule has 0 aliphatic heterocycles. The van der Waals surface area contributed by atoms with Crippen LogP contribution in [0.1, 0.15) is 75.2 Å². The number of amides is 2. The van der Waals surface area contributed by atoms with Crippen molar-refractivity contribution < 1.29 is 97.9 Å². The number of hydrogen-bond donors (Lipinski definition) is 2. The maximum atomic E-state index is 13.6. The fraction of sp³-hybridized carbons (Fsp3) is 0.296.